The van der Waals surface area contributed by atoms with E-state index in [2.05, 4.69) is 4.72 Å². The lowest BCUT2D eigenvalue weighted by Crippen LogP contribution is -2.39. The van der Waals surface area contributed by atoms with Crippen LogP contribution in [0.15, 0.2) is 59.5 Å². The van der Waals surface area contributed by atoms with Crippen molar-refractivity contribution in [3.8, 4) is 0 Å². The third kappa shape index (κ3) is 3.05. The SMILES string of the molecule is O=C1c2ccccc2S(=O)(=O)N1CS(=O)(=O)NCc1ccccc1. The second-order valence-corrected chi connectivity index (χ2v) is 8.81. The van der Waals surface area contributed by atoms with Gasteiger partial charge in [0.1, 0.15) is 4.90 Å². The van der Waals surface area contributed by atoms with Crippen molar-refractivity contribution in [2.45, 2.75) is 11.4 Å². The molecular weight excluding hydrogens is 352 g/mol. The second kappa shape index (κ2) is 6.00. The van der Waals surface area contributed by atoms with E-state index in [0.717, 1.165) is 5.56 Å². The summed E-state index contributed by atoms with van der Waals surface area (Å²) in [6.07, 6.45) is 0. The zero-order valence-corrected chi connectivity index (χ0v) is 14.0. The zero-order valence-electron chi connectivity index (χ0n) is 12.4. The summed E-state index contributed by atoms with van der Waals surface area (Å²) in [4.78, 5) is 12.0. The quantitative estimate of drug-likeness (QED) is 0.848. The van der Waals surface area contributed by atoms with Crippen LogP contribution in [0.4, 0.5) is 0 Å². The van der Waals surface area contributed by atoms with Gasteiger partial charge < -0.3 is 0 Å². The summed E-state index contributed by atoms with van der Waals surface area (Å²) in [5.74, 6) is -1.79. The van der Waals surface area contributed by atoms with Crippen LogP contribution in [0.25, 0.3) is 0 Å². The lowest BCUT2D eigenvalue weighted by atomic mass is 10.2. The maximum atomic E-state index is 12.4. The minimum Gasteiger partial charge on any atom is -0.268 e. The van der Waals surface area contributed by atoms with Crippen molar-refractivity contribution in [1.29, 1.82) is 0 Å². The highest BCUT2D eigenvalue weighted by atomic mass is 32.2. The van der Waals surface area contributed by atoms with Crippen LogP contribution in [0.3, 0.4) is 0 Å². The normalized spacial score (nSPS) is 16.2. The van der Waals surface area contributed by atoms with Crippen LogP contribution in [-0.2, 0) is 26.6 Å². The van der Waals surface area contributed by atoms with Gasteiger partial charge in [0.25, 0.3) is 15.9 Å². The maximum Gasteiger partial charge on any atom is 0.270 e. The molecule has 0 fully saturated rings. The topological polar surface area (TPSA) is 101 Å². The third-order valence-corrected chi connectivity index (χ3v) is 6.67. The molecule has 0 saturated heterocycles. The first-order chi connectivity index (χ1) is 11.3. The molecule has 0 atom stereocenters. The molecule has 2 aromatic rings. The van der Waals surface area contributed by atoms with Crippen LogP contribution >= 0.6 is 0 Å². The molecule has 0 radical (unpaired) electrons. The van der Waals surface area contributed by atoms with E-state index in [0.29, 0.717) is 4.31 Å². The van der Waals surface area contributed by atoms with Crippen LogP contribution in [0.1, 0.15) is 15.9 Å². The number of carbonyl (C=O) groups is 1. The number of fused-ring (bicyclic) bond motifs is 1. The fourth-order valence-electron chi connectivity index (χ4n) is 2.35. The van der Waals surface area contributed by atoms with Gasteiger partial charge in [-0.25, -0.2) is 25.9 Å². The van der Waals surface area contributed by atoms with Gasteiger partial charge in [0.15, 0.2) is 5.88 Å². The Bertz CT molecular complexity index is 986. The van der Waals surface area contributed by atoms with E-state index in [-0.39, 0.29) is 17.0 Å². The molecule has 3 rings (SSSR count). The van der Waals surface area contributed by atoms with Crippen molar-refractivity contribution in [2.24, 2.45) is 0 Å². The van der Waals surface area contributed by atoms with Crippen LogP contribution in [0, 0.1) is 0 Å². The van der Waals surface area contributed by atoms with Gasteiger partial charge in [0.2, 0.25) is 10.0 Å². The molecule has 1 N–H and O–H groups in total. The standard InChI is InChI=1S/C15H14N2O5S2/c18-15-13-8-4-5-9-14(13)24(21,22)17(15)11-23(19,20)16-10-12-6-2-1-3-7-12/h1-9,16H,10-11H2. The van der Waals surface area contributed by atoms with E-state index < -0.39 is 31.8 Å². The molecular formula is C15H14N2O5S2. The maximum absolute atomic E-state index is 12.4. The van der Waals surface area contributed by atoms with E-state index >= 15 is 0 Å². The van der Waals surface area contributed by atoms with Crippen molar-refractivity contribution in [3.63, 3.8) is 0 Å². The summed E-state index contributed by atoms with van der Waals surface area (Å²) in [7, 11) is -8.16. The Labute approximate surface area is 140 Å². The molecule has 2 aromatic carbocycles. The molecule has 0 aromatic heterocycles. The zero-order chi connectivity index (χ0) is 17.4. The van der Waals surface area contributed by atoms with E-state index in [1.54, 1.807) is 30.3 Å². The van der Waals surface area contributed by atoms with Crippen molar-refractivity contribution < 1.29 is 21.6 Å². The summed E-state index contributed by atoms with van der Waals surface area (Å²) in [5, 5.41) is 0. The van der Waals surface area contributed by atoms with E-state index in [1.165, 1.54) is 24.3 Å². The van der Waals surface area contributed by atoms with Crippen LogP contribution in [0.2, 0.25) is 0 Å². The van der Waals surface area contributed by atoms with E-state index in [9.17, 15) is 21.6 Å². The van der Waals surface area contributed by atoms with Gasteiger partial charge in [-0.1, -0.05) is 42.5 Å². The molecule has 7 nitrogen and oxygen atoms in total. The Morgan fingerprint density at radius 1 is 0.958 bits per heavy atom. The van der Waals surface area contributed by atoms with Crippen LogP contribution in [0.5, 0.6) is 0 Å². The molecule has 0 aliphatic carbocycles. The van der Waals surface area contributed by atoms with Crippen molar-refractivity contribution in [2.75, 3.05) is 5.88 Å². The Kier molecular flexibility index (Phi) is 4.16. The highest BCUT2D eigenvalue weighted by Gasteiger charge is 2.42. The Balaban J connectivity index is 1.80. The average molecular weight is 366 g/mol. The smallest absolute Gasteiger partial charge is 0.268 e. The predicted octanol–water partition coefficient (Wildman–Crippen LogP) is 0.908. The van der Waals surface area contributed by atoms with Gasteiger partial charge >= 0.3 is 0 Å². The minimum atomic E-state index is -4.15. The monoisotopic (exact) mass is 366 g/mol. The molecule has 9 heteroatoms. The largest absolute Gasteiger partial charge is 0.270 e. The molecule has 0 unspecified atom stereocenters. The number of sulfonamides is 2. The molecule has 1 aliphatic heterocycles. The molecule has 0 bridgehead atoms. The fraction of sp³-hybridized carbons (Fsp3) is 0.133. The Morgan fingerprint density at radius 3 is 2.25 bits per heavy atom. The molecule has 126 valence electrons. The van der Waals surface area contributed by atoms with Gasteiger partial charge in [-0.3, -0.25) is 4.79 Å². The molecule has 1 aliphatic rings. The molecule has 24 heavy (non-hydrogen) atoms. The van der Waals surface area contributed by atoms with Gasteiger partial charge in [0, 0.05) is 6.54 Å². The first-order valence-electron chi connectivity index (χ1n) is 6.99. The lowest BCUT2D eigenvalue weighted by Gasteiger charge is -2.15. The number of rotatable bonds is 5. The summed E-state index contributed by atoms with van der Waals surface area (Å²) in [6, 6.07) is 14.4. The third-order valence-electron chi connectivity index (χ3n) is 3.54. The molecule has 1 heterocycles. The van der Waals surface area contributed by atoms with Crippen LogP contribution < -0.4 is 4.72 Å². The molecule has 1 amide bonds. The minimum absolute atomic E-state index is 0.0121. The predicted molar refractivity (Wildman–Crippen MR) is 86.9 cm³/mol. The van der Waals surface area contributed by atoms with Gasteiger partial charge in [0.05, 0.1) is 5.56 Å². The number of hydrogen-bond donors (Lipinski definition) is 1. The molecule has 0 spiro atoms. The van der Waals surface area contributed by atoms with Crippen molar-refractivity contribution in [1.82, 2.24) is 9.03 Å². The van der Waals surface area contributed by atoms with Gasteiger partial charge in [-0.2, -0.15) is 0 Å². The van der Waals surface area contributed by atoms with E-state index in [4.69, 9.17) is 0 Å². The summed E-state index contributed by atoms with van der Waals surface area (Å²) < 4.78 is 51.7. The summed E-state index contributed by atoms with van der Waals surface area (Å²) in [6.45, 7) is 0.0121. The number of amides is 1. The van der Waals surface area contributed by atoms with Crippen LogP contribution in [-0.4, -0.2) is 32.9 Å². The first-order valence-corrected chi connectivity index (χ1v) is 10.1. The van der Waals surface area contributed by atoms with E-state index in [1.807, 2.05) is 0 Å². The average Bonchev–Trinajstić information content (AvgIpc) is 2.75. The highest BCUT2D eigenvalue weighted by molar-refractivity contribution is 7.93. The van der Waals surface area contributed by atoms with Crippen molar-refractivity contribution >= 4 is 26.0 Å². The number of nitrogens with zero attached hydrogens (tertiary/aromatic N) is 1. The fourth-order valence-corrected chi connectivity index (χ4v) is 5.46. The number of benzene rings is 2. The second-order valence-electron chi connectivity index (χ2n) is 5.21. The Morgan fingerprint density at radius 2 is 1.58 bits per heavy atom. The number of carbonyl (C=O) groups excluding carboxylic acids is 1. The van der Waals surface area contributed by atoms with Crippen molar-refractivity contribution in [3.05, 3.63) is 65.7 Å². The highest BCUT2D eigenvalue weighted by Crippen LogP contribution is 2.30. The molecule has 0 saturated carbocycles. The summed E-state index contributed by atoms with van der Waals surface area (Å²) in [5.41, 5.74) is 0.704. The van der Waals surface area contributed by atoms with Gasteiger partial charge in [-0.05, 0) is 17.7 Å². The Hall–Kier alpha value is -2.23. The number of nitrogens with one attached hydrogen (secondary N) is 1. The first kappa shape index (κ1) is 16.6. The lowest BCUT2D eigenvalue weighted by molar-refractivity contribution is 0.0884. The van der Waals surface area contributed by atoms with Gasteiger partial charge in [-0.15, -0.1) is 0 Å². The number of hydrogen-bond acceptors (Lipinski definition) is 5. The summed E-state index contributed by atoms with van der Waals surface area (Å²) >= 11 is 0.